The van der Waals surface area contributed by atoms with Gasteiger partial charge < -0.3 is 15.2 Å². The van der Waals surface area contributed by atoms with Crippen LogP contribution < -0.4 is 10.2 Å². The number of piperidine rings is 1. The molecule has 5 aromatic heterocycles. The Morgan fingerprint density at radius 3 is 2.80 bits per heavy atom. The second-order valence-corrected chi connectivity index (χ2v) is 8.87. The zero-order chi connectivity index (χ0) is 23.8. The first-order valence-electron chi connectivity index (χ1n) is 12.0. The number of pyridine rings is 3. The summed E-state index contributed by atoms with van der Waals surface area (Å²) in [5.74, 6) is 1.61. The van der Waals surface area contributed by atoms with Gasteiger partial charge in [-0.1, -0.05) is 13.5 Å². The molecule has 6 heterocycles. The minimum Gasteiger partial charge on any atom is -0.358 e. The molecule has 0 aromatic carbocycles. The van der Waals surface area contributed by atoms with Crippen molar-refractivity contribution in [2.24, 2.45) is 0 Å². The maximum Gasteiger partial charge on any atom is 0.161 e. The molecular formula is C26H27N9. The first-order valence-corrected chi connectivity index (χ1v) is 12.0. The molecule has 9 heteroatoms. The molecule has 3 N–H and O–H groups in total. The lowest BCUT2D eigenvalue weighted by Crippen LogP contribution is -2.30. The Bertz CT molecular complexity index is 1520. The highest BCUT2D eigenvalue weighted by Crippen LogP contribution is 2.31. The summed E-state index contributed by atoms with van der Waals surface area (Å²) in [6, 6.07) is 7.94. The topological polar surface area (TPSA) is 111 Å². The van der Waals surface area contributed by atoms with Gasteiger partial charge in [0.15, 0.2) is 17.3 Å². The van der Waals surface area contributed by atoms with Crippen molar-refractivity contribution >= 4 is 33.6 Å². The van der Waals surface area contributed by atoms with E-state index in [-0.39, 0.29) is 0 Å². The van der Waals surface area contributed by atoms with Crippen LogP contribution in [0.15, 0.2) is 55.1 Å². The Morgan fingerprint density at radius 2 is 1.94 bits per heavy atom. The number of imidazole rings is 1. The van der Waals surface area contributed by atoms with Crippen LogP contribution in [0.25, 0.3) is 44.8 Å². The molecule has 0 bridgehead atoms. The van der Waals surface area contributed by atoms with E-state index in [1.54, 1.807) is 6.20 Å². The zero-order valence-corrected chi connectivity index (χ0v) is 19.7. The third kappa shape index (κ3) is 3.99. The second-order valence-electron chi connectivity index (χ2n) is 8.87. The monoisotopic (exact) mass is 465 g/mol. The number of fused-ring (bicyclic) bond motifs is 2. The first kappa shape index (κ1) is 21.3. The molecule has 0 spiro atoms. The van der Waals surface area contributed by atoms with Gasteiger partial charge in [-0.15, -0.1) is 0 Å². The lowest BCUT2D eigenvalue weighted by Gasteiger charge is -2.27. The Kier molecular flexibility index (Phi) is 5.36. The fourth-order valence-electron chi connectivity index (χ4n) is 4.54. The quantitative estimate of drug-likeness (QED) is 0.313. The molecule has 5 aromatic rings. The SMILES string of the molecule is C=C(CC)Nc1cncc(-c2ccc3[nH]nc(-c4nc5c(N6CCCCC6)nccc5[nH]4)c3n2)c1. The number of aromatic nitrogens is 7. The van der Waals surface area contributed by atoms with Crippen LogP contribution in [0.3, 0.4) is 0 Å². The summed E-state index contributed by atoms with van der Waals surface area (Å²) < 4.78 is 0. The number of allylic oxidation sites excluding steroid dienone is 1. The van der Waals surface area contributed by atoms with Crippen LogP contribution in [0.4, 0.5) is 11.5 Å². The minimum absolute atomic E-state index is 0.676. The average Bonchev–Trinajstić information content (AvgIpc) is 3.53. The normalized spacial score (nSPS) is 14.0. The van der Waals surface area contributed by atoms with Crippen LogP contribution in [-0.2, 0) is 0 Å². The third-order valence-electron chi connectivity index (χ3n) is 6.45. The highest BCUT2D eigenvalue weighted by Gasteiger charge is 2.20. The molecule has 0 unspecified atom stereocenters. The number of nitrogens with one attached hydrogen (secondary N) is 3. The number of rotatable bonds is 6. The number of nitrogens with zero attached hydrogens (tertiary/aromatic N) is 6. The van der Waals surface area contributed by atoms with E-state index in [0.29, 0.717) is 11.5 Å². The lowest BCUT2D eigenvalue weighted by molar-refractivity contribution is 0.574. The molecule has 6 rings (SSSR count). The van der Waals surface area contributed by atoms with Crippen LogP contribution >= 0.6 is 0 Å². The minimum atomic E-state index is 0.676. The van der Waals surface area contributed by atoms with Gasteiger partial charge in [0.25, 0.3) is 0 Å². The van der Waals surface area contributed by atoms with Crippen molar-refractivity contribution < 1.29 is 0 Å². The summed E-state index contributed by atoms with van der Waals surface area (Å²) in [6.07, 6.45) is 9.93. The summed E-state index contributed by atoms with van der Waals surface area (Å²) in [4.78, 5) is 24.7. The van der Waals surface area contributed by atoms with Crippen LogP contribution in [0, 0.1) is 0 Å². The largest absolute Gasteiger partial charge is 0.358 e. The van der Waals surface area contributed by atoms with Crippen molar-refractivity contribution in [3.05, 3.63) is 55.1 Å². The maximum absolute atomic E-state index is 4.93. The van der Waals surface area contributed by atoms with E-state index < -0.39 is 0 Å². The molecular weight excluding hydrogens is 438 g/mol. The summed E-state index contributed by atoms with van der Waals surface area (Å²) >= 11 is 0. The third-order valence-corrected chi connectivity index (χ3v) is 6.45. The molecule has 176 valence electrons. The number of anilines is 2. The van der Waals surface area contributed by atoms with E-state index in [1.807, 2.05) is 36.7 Å². The van der Waals surface area contributed by atoms with Gasteiger partial charge in [-0.3, -0.25) is 10.1 Å². The molecule has 35 heavy (non-hydrogen) atoms. The average molecular weight is 466 g/mol. The molecule has 1 aliphatic heterocycles. The van der Waals surface area contributed by atoms with Gasteiger partial charge >= 0.3 is 0 Å². The second kappa shape index (κ2) is 8.83. The fourth-order valence-corrected chi connectivity index (χ4v) is 4.54. The van der Waals surface area contributed by atoms with Crippen molar-refractivity contribution in [3.63, 3.8) is 0 Å². The van der Waals surface area contributed by atoms with E-state index in [1.165, 1.54) is 19.3 Å². The Morgan fingerprint density at radius 1 is 1.06 bits per heavy atom. The Labute approximate surface area is 202 Å². The predicted octanol–water partition coefficient (Wildman–Crippen LogP) is 5.28. The van der Waals surface area contributed by atoms with Crippen molar-refractivity contribution in [1.82, 2.24) is 35.1 Å². The maximum atomic E-state index is 4.93. The van der Waals surface area contributed by atoms with Crippen molar-refractivity contribution in [2.45, 2.75) is 32.6 Å². The molecule has 0 radical (unpaired) electrons. The molecule has 1 aliphatic rings. The number of hydrogen-bond acceptors (Lipinski definition) is 7. The predicted molar refractivity (Wildman–Crippen MR) is 139 cm³/mol. The van der Waals surface area contributed by atoms with Crippen molar-refractivity contribution in [3.8, 4) is 22.8 Å². The van der Waals surface area contributed by atoms with Gasteiger partial charge in [-0.05, 0) is 49.9 Å². The molecule has 1 saturated heterocycles. The molecule has 0 saturated carbocycles. The van der Waals surface area contributed by atoms with Gasteiger partial charge in [-0.2, -0.15) is 5.10 Å². The number of hydrogen-bond donors (Lipinski definition) is 3. The summed E-state index contributed by atoms with van der Waals surface area (Å²) in [6.45, 7) is 8.10. The Balaban J connectivity index is 1.39. The number of H-pyrrole nitrogens is 2. The molecule has 0 atom stereocenters. The molecule has 0 amide bonds. The van der Waals surface area contributed by atoms with Crippen LogP contribution in [0.1, 0.15) is 32.6 Å². The standard InChI is InChI=1S/C26H27N9/c1-3-16(2)29-18-13-17(14-27-15-18)19-7-8-21-22(30-19)24(34-33-21)25-31-20-9-10-28-26(23(20)32-25)35-11-5-4-6-12-35/h7-10,13-15,29H,2-6,11-12H2,1H3,(H,31,32)(H,33,34). The van der Waals surface area contributed by atoms with Gasteiger partial charge in [-0.25, -0.2) is 15.0 Å². The summed E-state index contributed by atoms with van der Waals surface area (Å²) in [5, 5.41) is 10.9. The van der Waals surface area contributed by atoms with E-state index in [0.717, 1.165) is 70.0 Å². The van der Waals surface area contributed by atoms with Crippen molar-refractivity contribution in [1.29, 1.82) is 0 Å². The van der Waals surface area contributed by atoms with E-state index in [2.05, 4.69) is 48.9 Å². The molecule has 9 nitrogen and oxygen atoms in total. The molecule has 1 fully saturated rings. The van der Waals surface area contributed by atoms with Gasteiger partial charge in [0, 0.05) is 36.7 Å². The van der Waals surface area contributed by atoms with E-state index >= 15 is 0 Å². The smallest absolute Gasteiger partial charge is 0.161 e. The number of aromatic amines is 2. The summed E-state index contributed by atoms with van der Waals surface area (Å²) in [7, 11) is 0. The molecule has 0 aliphatic carbocycles. The zero-order valence-electron chi connectivity index (χ0n) is 19.7. The van der Waals surface area contributed by atoms with Crippen molar-refractivity contribution in [2.75, 3.05) is 23.3 Å². The summed E-state index contributed by atoms with van der Waals surface area (Å²) in [5.41, 5.74) is 7.65. The van der Waals surface area contributed by atoms with Crippen LogP contribution in [0.2, 0.25) is 0 Å². The van der Waals surface area contributed by atoms with Crippen LogP contribution in [0.5, 0.6) is 0 Å². The van der Waals surface area contributed by atoms with Gasteiger partial charge in [0.1, 0.15) is 11.0 Å². The Hall–Kier alpha value is -4.27. The van der Waals surface area contributed by atoms with E-state index in [9.17, 15) is 0 Å². The first-order chi connectivity index (χ1) is 17.2. The fraction of sp³-hybridized carbons (Fsp3) is 0.269. The van der Waals surface area contributed by atoms with Crippen LogP contribution in [-0.4, -0.2) is 48.2 Å². The van der Waals surface area contributed by atoms with Gasteiger partial charge in [0.05, 0.1) is 28.6 Å². The van der Waals surface area contributed by atoms with Gasteiger partial charge in [0.2, 0.25) is 0 Å². The van der Waals surface area contributed by atoms with E-state index in [4.69, 9.17) is 9.97 Å². The highest BCUT2D eigenvalue weighted by atomic mass is 15.2. The highest BCUT2D eigenvalue weighted by molar-refractivity contribution is 5.94. The lowest BCUT2D eigenvalue weighted by atomic mass is 10.1.